The van der Waals surface area contributed by atoms with Gasteiger partial charge in [0.05, 0.1) is 59.5 Å². The van der Waals surface area contributed by atoms with Crippen molar-refractivity contribution in [1.82, 2.24) is 0 Å². The zero-order valence-corrected chi connectivity index (χ0v) is 21.5. The summed E-state index contributed by atoms with van der Waals surface area (Å²) in [5.41, 5.74) is 1.24. The van der Waals surface area contributed by atoms with Crippen LogP contribution in [0.25, 0.3) is 0 Å². The Bertz CT molecular complexity index is 638. The van der Waals surface area contributed by atoms with Crippen LogP contribution in [0.5, 0.6) is 5.75 Å². The second-order valence-electron chi connectivity index (χ2n) is 8.38. The van der Waals surface area contributed by atoms with Crippen molar-refractivity contribution < 1.29 is 38.7 Å². The number of carboxylic acids is 1. The third-order valence-corrected chi connectivity index (χ3v) is 5.43. The second kappa shape index (κ2) is 22.7. The number of carboxylic acid groups (broad SMARTS) is 1. The largest absolute Gasteiger partial charge is 0.490 e. The molecular weight excluding hydrogens is 452 g/mol. The number of unbranched alkanes of at least 4 members (excludes halogenated alkanes) is 7. The summed E-state index contributed by atoms with van der Waals surface area (Å²) in [5, 5.41) is 18.1. The molecule has 1 aromatic rings. The topological polar surface area (TPSA) is 104 Å². The van der Waals surface area contributed by atoms with Gasteiger partial charge >= 0.3 is 5.97 Å². The van der Waals surface area contributed by atoms with Crippen molar-refractivity contribution in [2.45, 2.75) is 64.7 Å². The van der Waals surface area contributed by atoms with Crippen molar-refractivity contribution in [3.8, 4) is 5.75 Å². The number of ether oxygens (including phenoxy) is 5. The third-order valence-electron chi connectivity index (χ3n) is 5.43. The van der Waals surface area contributed by atoms with Crippen LogP contribution >= 0.6 is 0 Å². The Labute approximate surface area is 210 Å². The van der Waals surface area contributed by atoms with Crippen LogP contribution in [0.2, 0.25) is 0 Å². The molecule has 0 amide bonds. The van der Waals surface area contributed by atoms with Crippen molar-refractivity contribution in [3.63, 3.8) is 0 Å². The number of rotatable bonds is 25. The van der Waals surface area contributed by atoms with Gasteiger partial charge in [-0.25, -0.2) is 4.79 Å². The Morgan fingerprint density at radius 1 is 0.714 bits per heavy atom. The normalized spacial score (nSPS) is 11.1. The van der Waals surface area contributed by atoms with Crippen molar-refractivity contribution in [1.29, 1.82) is 0 Å². The predicted octanol–water partition coefficient (Wildman–Crippen LogP) is 4.51. The van der Waals surface area contributed by atoms with Gasteiger partial charge in [-0.15, -0.1) is 0 Å². The van der Waals surface area contributed by atoms with Crippen LogP contribution in [0.1, 0.15) is 74.2 Å². The van der Waals surface area contributed by atoms with Gasteiger partial charge in [-0.3, -0.25) is 0 Å². The lowest BCUT2D eigenvalue weighted by atomic mass is 10.0. The molecule has 0 saturated heterocycles. The molecule has 35 heavy (non-hydrogen) atoms. The number of hydrogen-bond acceptors (Lipinski definition) is 7. The van der Waals surface area contributed by atoms with Gasteiger partial charge in [0.15, 0.2) is 0 Å². The summed E-state index contributed by atoms with van der Waals surface area (Å²) in [5.74, 6) is -0.605. The fraction of sp³-hybridized carbons (Fsp3) is 0.741. The fourth-order valence-corrected chi connectivity index (χ4v) is 3.53. The van der Waals surface area contributed by atoms with Crippen LogP contribution in [0.3, 0.4) is 0 Å². The Kier molecular flexibility index (Phi) is 20.3. The SMILES string of the molecule is CCCCCCCCCCc1ccc(OCCOCCOCCOCCOCCO)c(C(=O)O)c1. The van der Waals surface area contributed by atoms with Crippen molar-refractivity contribution in [2.75, 3.05) is 66.1 Å². The highest BCUT2D eigenvalue weighted by molar-refractivity contribution is 5.91. The van der Waals surface area contributed by atoms with E-state index in [1.165, 1.54) is 44.9 Å². The van der Waals surface area contributed by atoms with E-state index in [0.717, 1.165) is 18.4 Å². The molecule has 202 valence electrons. The highest BCUT2D eigenvalue weighted by Crippen LogP contribution is 2.22. The molecule has 0 aromatic heterocycles. The van der Waals surface area contributed by atoms with E-state index in [1.807, 2.05) is 6.07 Å². The molecule has 0 bridgehead atoms. The molecule has 0 heterocycles. The molecule has 0 radical (unpaired) electrons. The molecule has 0 saturated carbocycles. The van der Waals surface area contributed by atoms with Gasteiger partial charge in [0.2, 0.25) is 0 Å². The summed E-state index contributed by atoms with van der Waals surface area (Å²) in [4.78, 5) is 11.7. The predicted molar refractivity (Wildman–Crippen MR) is 136 cm³/mol. The standard InChI is InChI=1S/C27H46O8/c1-2-3-4-5-6-7-8-9-10-24-11-12-26(25(23-24)27(29)30)35-22-21-34-20-19-33-18-17-32-16-15-31-14-13-28/h11-12,23,28H,2-10,13-22H2,1H3,(H,29,30). The number of aromatic carboxylic acids is 1. The van der Waals surface area contributed by atoms with Gasteiger partial charge in [0, 0.05) is 0 Å². The van der Waals surface area contributed by atoms with Crippen molar-refractivity contribution >= 4 is 5.97 Å². The lowest BCUT2D eigenvalue weighted by Gasteiger charge is -2.11. The summed E-state index contributed by atoms with van der Waals surface area (Å²) in [6, 6.07) is 5.44. The van der Waals surface area contributed by atoms with E-state index in [4.69, 9.17) is 28.8 Å². The second-order valence-corrected chi connectivity index (χ2v) is 8.38. The minimum atomic E-state index is -0.978. The summed E-state index contributed by atoms with van der Waals surface area (Å²) >= 11 is 0. The average Bonchev–Trinajstić information content (AvgIpc) is 2.86. The summed E-state index contributed by atoms with van der Waals surface area (Å²) < 4.78 is 26.9. The van der Waals surface area contributed by atoms with Crippen LogP contribution in [-0.2, 0) is 25.4 Å². The van der Waals surface area contributed by atoms with Crippen molar-refractivity contribution in [2.24, 2.45) is 0 Å². The Morgan fingerprint density at radius 3 is 1.77 bits per heavy atom. The molecule has 0 aliphatic heterocycles. The first-order valence-corrected chi connectivity index (χ1v) is 13.1. The van der Waals surface area contributed by atoms with E-state index in [2.05, 4.69) is 6.92 Å². The van der Waals surface area contributed by atoms with Gasteiger partial charge in [-0.05, 0) is 30.5 Å². The van der Waals surface area contributed by atoms with E-state index in [-0.39, 0.29) is 18.8 Å². The summed E-state index contributed by atoms with van der Waals surface area (Å²) in [7, 11) is 0. The van der Waals surface area contributed by atoms with Gasteiger partial charge in [0.25, 0.3) is 0 Å². The third kappa shape index (κ3) is 17.4. The molecule has 0 unspecified atom stereocenters. The Morgan fingerprint density at radius 2 is 1.23 bits per heavy atom. The molecular formula is C27H46O8. The Hall–Kier alpha value is -1.71. The van der Waals surface area contributed by atoms with Crippen LogP contribution in [0, 0.1) is 0 Å². The Balaban J connectivity index is 2.11. The number of benzene rings is 1. The van der Waals surface area contributed by atoms with E-state index in [1.54, 1.807) is 12.1 Å². The monoisotopic (exact) mass is 498 g/mol. The van der Waals surface area contributed by atoms with Gasteiger partial charge in [0.1, 0.15) is 17.9 Å². The minimum absolute atomic E-state index is 0.0144. The van der Waals surface area contributed by atoms with E-state index < -0.39 is 5.97 Å². The van der Waals surface area contributed by atoms with Gasteiger partial charge in [-0.2, -0.15) is 0 Å². The number of carbonyl (C=O) groups is 1. The molecule has 0 aliphatic carbocycles. The lowest BCUT2D eigenvalue weighted by Crippen LogP contribution is -2.14. The minimum Gasteiger partial charge on any atom is -0.490 e. The van der Waals surface area contributed by atoms with Crippen LogP contribution in [0.4, 0.5) is 0 Å². The fourth-order valence-electron chi connectivity index (χ4n) is 3.53. The van der Waals surface area contributed by atoms with E-state index >= 15 is 0 Å². The molecule has 1 aromatic carbocycles. The lowest BCUT2D eigenvalue weighted by molar-refractivity contribution is -0.00782. The number of hydrogen-bond donors (Lipinski definition) is 2. The van der Waals surface area contributed by atoms with Crippen LogP contribution < -0.4 is 4.74 Å². The number of aryl methyl sites for hydroxylation is 1. The highest BCUT2D eigenvalue weighted by atomic mass is 16.6. The summed E-state index contributed by atoms with van der Waals surface area (Å²) in [6.07, 6.45) is 10.9. The molecule has 0 fully saturated rings. The molecule has 0 spiro atoms. The zero-order valence-electron chi connectivity index (χ0n) is 21.5. The molecule has 8 heteroatoms. The summed E-state index contributed by atoms with van der Waals surface area (Å²) in [6.45, 7) is 5.91. The smallest absolute Gasteiger partial charge is 0.339 e. The zero-order chi connectivity index (χ0) is 25.4. The molecule has 0 atom stereocenters. The van der Waals surface area contributed by atoms with Gasteiger partial charge < -0.3 is 33.9 Å². The quantitative estimate of drug-likeness (QED) is 0.190. The first-order chi connectivity index (χ1) is 17.2. The highest BCUT2D eigenvalue weighted by Gasteiger charge is 2.12. The number of aliphatic hydroxyl groups excluding tert-OH is 1. The first-order valence-electron chi connectivity index (χ1n) is 13.1. The molecule has 8 nitrogen and oxygen atoms in total. The van der Waals surface area contributed by atoms with Crippen LogP contribution in [-0.4, -0.2) is 82.3 Å². The van der Waals surface area contributed by atoms with E-state index in [9.17, 15) is 9.90 Å². The molecule has 0 aliphatic rings. The van der Waals surface area contributed by atoms with Crippen molar-refractivity contribution in [3.05, 3.63) is 29.3 Å². The average molecular weight is 499 g/mol. The van der Waals surface area contributed by atoms with E-state index in [0.29, 0.717) is 58.6 Å². The first kappa shape index (κ1) is 31.3. The maximum Gasteiger partial charge on any atom is 0.339 e. The number of aliphatic hydroxyl groups is 1. The molecule has 2 N–H and O–H groups in total. The maximum atomic E-state index is 11.7. The van der Waals surface area contributed by atoms with Gasteiger partial charge in [-0.1, -0.05) is 57.9 Å². The maximum absolute atomic E-state index is 11.7. The molecule has 1 rings (SSSR count). The van der Waals surface area contributed by atoms with Crippen LogP contribution in [0.15, 0.2) is 18.2 Å².